The SMILES string of the molecule is CCCCNC(=O)C(C)Sc1nc(CC)cc(=O)n1C. The van der Waals surface area contributed by atoms with Gasteiger partial charge < -0.3 is 5.32 Å². The van der Waals surface area contributed by atoms with Crippen LogP contribution in [0.4, 0.5) is 0 Å². The molecule has 1 aromatic rings. The van der Waals surface area contributed by atoms with Crippen LogP contribution in [0.15, 0.2) is 16.0 Å². The third-order valence-electron chi connectivity index (χ3n) is 2.99. The summed E-state index contributed by atoms with van der Waals surface area (Å²) in [6, 6.07) is 1.54. The van der Waals surface area contributed by atoms with E-state index in [9.17, 15) is 9.59 Å². The lowest BCUT2D eigenvalue weighted by molar-refractivity contribution is -0.120. The topological polar surface area (TPSA) is 64.0 Å². The lowest BCUT2D eigenvalue weighted by Crippen LogP contribution is -2.32. The van der Waals surface area contributed by atoms with Gasteiger partial charge in [0.15, 0.2) is 5.16 Å². The van der Waals surface area contributed by atoms with Crippen molar-refractivity contribution in [2.45, 2.75) is 50.4 Å². The Bertz CT molecular complexity index is 514. The molecule has 0 saturated carbocycles. The summed E-state index contributed by atoms with van der Waals surface area (Å²) >= 11 is 1.32. The molecular weight excluding hydrogens is 274 g/mol. The second kappa shape index (κ2) is 8.09. The molecule has 6 heteroatoms. The molecule has 0 spiro atoms. The number of thioether (sulfide) groups is 1. The van der Waals surface area contributed by atoms with Crippen LogP contribution in [0.5, 0.6) is 0 Å². The van der Waals surface area contributed by atoms with Gasteiger partial charge in [0.25, 0.3) is 5.56 Å². The number of aromatic nitrogens is 2. The summed E-state index contributed by atoms with van der Waals surface area (Å²) in [7, 11) is 1.68. The van der Waals surface area contributed by atoms with E-state index < -0.39 is 0 Å². The quantitative estimate of drug-likeness (QED) is 0.473. The highest BCUT2D eigenvalue weighted by molar-refractivity contribution is 8.00. The highest BCUT2D eigenvalue weighted by Gasteiger charge is 2.17. The Kier molecular flexibility index (Phi) is 6.78. The first-order valence-corrected chi connectivity index (χ1v) is 7.88. The summed E-state index contributed by atoms with van der Waals surface area (Å²) in [4.78, 5) is 28.1. The first-order valence-electron chi connectivity index (χ1n) is 7.00. The molecule has 1 heterocycles. The standard InChI is InChI=1S/C14H23N3O2S/c1-5-7-8-15-13(19)10(3)20-14-16-11(6-2)9-12(18)17(14)4/h9-10H,5-8H2,1-4H3,(H,15,19). The number of aryl methyl sites for hydroxylation is 1. The van der Waals surface area contributed by atoms with Crippen molar-refractivity contribution in [2.75, 3.05) is 6.54 Å². The maximum absolute atomic E-state index is 11.9. The van der Waals surface area contributed by atoms with Gasteiger partial charge >= 0.3 is 0 Å². The van der Waals surface area contributed by atoms with Crippen molar-refractivity contribution >= 4 is 17.7 Å². The minimum Gasteiger partial charge on any atom is -0.355 e. The van der Waals surface area contributed by atoms with Crippen molar-refractivity contribution < 1.29 is 4.79 Å². The van der Waals surface area contributed by atoms with Gasteiger partial charge in [0.05, 0.1) is 5.25 Å². The van der Waals surface area contributed by atoms with E-state index in [1.54, 1.807) is 7.05 Å². The van der Waals surface area contributed by atoms with Crippen molar-refractivity contribution in [2.24, 2.45) is 7.05 Å². The fraction of sp³-hybridized carbons (Fsp3) is 0.643. The number of hydrogen-bond donors (Lipinski definition) is 1. The highest BCUT2D eigenvalue weighted by atomic mass is 32.2. The van der Waals surface area contributed by atoms with Gasteiger partial charge in [-0.1, -0.05) is 32.0 Å². The van der Waals surface area contributed by atoms with Gasteiger partial charge in [-0.3, -0.25) is 14.2 Å². The Morgan fingerprint density at radius 2 is 2.20 bits per heavy atom. The van der Waals surface area contributed by atoms with Crippen LogP contribution in [0.3, 0.4) is 0 Å². The molecule has 0 aliphatic rings. The van der Waals surface area contributed by atoms with Crippen LogP contribution in [0.2, 0.25) is 0 Å². The maximum atomic E-state index is 11.9. The first-order chi connectivity index (χ1) is 9.49. The molecule has 1 unspecified atom stereocenters. The first kappa shape index (κ1) is 16.8. The van der Waals surface area contributed by atoms with Gasteiger partial charge in [-0.05, 0) is 19.8 Å². The molecule has 0 aliphatic carbocycles. The monoisotopic (exact) mass is 297 g/mol. The van der Waals surface area contributed by atoms with Gasteiger partial charge in [-0.15, -0.1) is 0 Å². The zero-order valence-corrected chi connectivity index (χ0v) is 13.4. The van der Waals surface area contributed by atoms with Gasteiger partial charge in [-0.25, -0.2) is 4.98 Å². The fourth-order valence-corrected chi connectivity index (χ4v) is 2.52. The average molecular weight is 297 g/mol. The zero-order valence-electron chi connectivity index (χ0n) is 12.6. The number of amides is 1. The zero-order chi connectivity index (χ0) is 15.1. The van der Waals surface area contributed by atoms with E-state index in [0.717, 1.165) is 18.5 Å². The smallest absolute Gasteiger partial charge is 0.254 e. The summed E-state index contributed by atoms with van der Waals surface area (Å²) in [6.45, 7) is 6.57. The van der Waals surface area contributed by atoms with E-state index in [2.05, 4.69) is 17.2 Å². The van der Waals surface area contributed by atoms with Crippen LogP contribution in [-0.2, 0) is 18.3 Å². The van der Waals surface area contributed by atoms with E-state index in [1.807, 2.05) is 13.8 Å². The van der Waals surface area contributed by atoms with E-state index >= 15 is 0 Å². The second-order valence-electron chi connectivity index (χ2n) is 4.69. The molecule has 20 heavy (non-hydrogen) atoms. The largest absolute Gasteiger partial charge is 0.355 e. The van der Waals surface area contributed by atoms with Crippen molar-refractivity contribution in [3.8, 4) is 0 Å². The van der Waals surface area contributed by atoms with E-state index in [-0.39, 0.29) is 16.7 Å². The predicted molar refractivity (Wildman–Crippen MR) is 82.1 cm³/mol. The highest BCUT2D eigenvalue weighted by Crippen LogP contribution is 2.20. The summed E-state index contributed by atoms with van der Waals surface area (Å²) in [5, 5.41) is 3.22. The number of carbonyl (C=O) groups excluding carboxylic acids is 1. The summed E-state index contributed by atoms with van der Waals surface area (Å²) in [6.07, 6.45) is 2.74. The third kappa shape index (κ3) is 4.67. The number of hydrogen-bond acceptors (Lipinski definition) is 4. The molecule has 1 N–H and O–H groups in total. The maximum Gasteiger partial charge on any atom is 0.254 e. The minimum atomic E-state index is -0.267. The Morgan fingerprint density at radius 1 is 1.50 bits per heavy atom. The molecule has 0 aliphatic heterocycles. The molecule has 0 aromatic carbocycles. The van der Waals surface area contributed by atoms with E-state index in [4.69, 9.17) is 0 Å². The van der Waals surface area contributed by atoms with Crippen LogP contribution in [0, 0.1) is 0 Å². The van der Waals surface area contributed by atoms with Crippen molar-refractivity contribution in [3.05, 3.63) is 22.1 Å². The molecule has 1 rings (SSSR count). The van der Waals surface area contributed by atoms with E-state index in [0.29, 0.717) is 18.1 Å². The third-order valence-corrected chi connectivity index (χ3v) is 4.13. The molecule has 5 nitrogen and oxygen atoms in total. The Hall–Kier alpha value is -1.30. The van der Waals surface area contributed by atoms with Crippen LogP contribution < -0.4 is 10.9 Å². The van der Waals surface area contributed by atoms with Crippen molar-refractivity contribution in [1.82, 2.24) is 14.9 Å². The molecule has 0 radical (unpaired) electrons. The fourth-order valence-electron chi connectivity index (χ4n) is 1.59. The van der Waals surface area contributed by atoms with Gasteiger partial charge in [0, 0.05) is 25.4 Å². The summed E-state index contributed by atoms with van der Waals surface area (Å²) in [5.41, 5.74) is 0.673. The molecule has 1 atom stereocenters. The van der Waals surface area contributed by atoms with Crippen LogP contribution in [0.1, 0.15) is 39.3 Å². The Balaban J connectivity index is 2.74. The number of nitrogens with one attached hydrogen (secondary N) is 1. The van der Waals surface area contributed by atoms with Crippen LogP contribution >= 0.6 is 11.8 Å². The van der Waals surface area contributed by atoms with Gasteiger partial charge in [-0.2, -0.15) is 0 Å². The second-order valence-corrected chi connectivity index (χ2v) is 5.99. The normalized spacial score (nSPS) is 12.2. The predicted octanol–water partition coefficient (Wildman–Crippen LogP) is 1.74. The van der Waals surface area contributed by atoms with Crippen molar-refractivity contribution in [3.63, 3.8) is 0 Å². The molecule has 1 amide bonds. The molecule has 112 valence electrons. The van der Waals surface area contributed by atoms with Crippen LogP contribution in [-0.4, -0.2) is 27.3 Å². The Labute approximate surface area is 124 Å². The number of nitrogens with zero attached hydrogens (tertiary/aromatic N) is 2. The lowest BCUT2D eigenvalue weighted by Gasteiger charge is -2.13. The molecule has 0 fully saturated rings. The number of unbranched alkanes of at least 4 members (excludes halogenated alkanes) is 1. The molecule has 0 bridgehead atoms. The number of carbonyl (C=O) groups is 1. The minimum absolute atomic E-state index is 0.0143. The van der Waals surface area contributed by atoms with Gasteiger partial charge in [0.2, 0.25) is 5.91 Å². The summed E-state index contributed by atoms with van der Waals surface area (Å²) < 4.78 is 1.49. The average Bonchev–Trinajstić information content (AvgIpc) is 2.43. The lowest BCUT2D eigenvalue weighted by atomic mass is 10.3. The molecule has 1 aromatic heterocycles. The van der Waals surface area contributed by atoms with Crippen molar-refractivity contribution in [1.29, 1.82) is 0 Å². The van der Waals surface area contributed by atoms with Gasteiger partial charge in [0.1, 0.15) is 0 Å². The van der Waals surface area contributed by atoms with E-state index in [1.165, 1.54) is 22.4 Å². The Morgan fingerprint density at radius 3 is 2.80 bits per heavy atom. The molecule has 0 saturated heterocycles. The number of rotatable bonds is 7. The summed E-state index contributed by atoms with van der Waals surface area (Å²) in [5.74, 6) is -0.0143. The van der Waals surface area contributed by atoms with Crippen LogP contribution in [0.25, 0.3) is 0 Å². The molecular formula is C14H23N3O2S.